The number of aryl methyl sites for hydroxylation is 1. The van der Waals surface area contributed by atoms with E-state index in [1.54, 1.807) is 0 Å². The Bertz CT molecular complexity index is 418. The van der Waals surface area contributed by atoms with Gasteiger partial charge < -0.3 is 10.6 Å². The third kappa shape index (κ3) is 4.64. The molecule has 1 fully saturated rings. The Morgan fingerprint density at radius 1 is 1.35 bits per heavy atom. The largest absolute Gasteiger partial charge is 0.352 e. The molecule has 3 nitrogen and oxygen atoms in total. The first kappa shape index (κ1) is 15.0. The molecule has 0 aromatic heterocycles. The fourth-order valence-corrected chi connectivity index (χ4v) is 2.79. The summed E-state index contributed by atoms with van der Waals surface area (Å²) in [5.74, 6) is 0.164. The van der Waals surface area contributed by atoms with E-state index in [1.807, 2.05) is 6.07 Å². The van der Waals surface area contributed by atoms with Crippen LogP contribution in [0.25, 0.3) is 0 Å². The van der Waals surface area contributed by atoms with Gasteiger partial charge in [-0.3, -0.25) is 4.79 Å². The number of hydrogen-bond acceptors (Lipinski definition) is 2. The van der Waals surface area contributed by atoms with Crippen LogP contribution in [-0.2, 0) is 11.2 Å². The smallest absolute Gasteiger partial charge is 0.237 e. The summed E-state index contributed by atoms with van der Waals surface area (Å²) >= 11 is 0. The molecule has 110 valence electrons. The highest BCUT2D eigenvalue weighted by molar-refractivity contribution is 5.82. The average molecular weight is 274 g/mol. The van der Waals surface area contributed by atoms with Crippen LogP contribution in [0.4, 0.5) is 0 Å². The Morgan fingerprint density at radius 2 is 2.10 bits per heavy atom. The quantitative estimate of drug-likeness (QED) is 0.866. The van der Waals surface area contributed by atoms with Crippen molar-refractivity contribution >= 4 is 5.91 Å². The molecular weight excluding hydrogens is 248 g/mol. The monoisotopic (exact) mass is 274 g/mol. The van der Waals surface area contributed by atoms with Crippen LogP contribution < -0.4 is 10.6 Å². The van der Waals surface area contributed by atoms with Gasteiger partial charge in [-0.15, -0.1) is 0 Å². The molecule has 2 N–H and O–H groups in total. The van der Waals surface area contributed by atoms with Crippen LogP contribution >= 0.6 is 0 Å². The minimum atomic E-state index is -0.00192. The van der Waals surface area contributed by atoms with Crippen molar-refractivity contribution in [1.82, 2.24) is 10.6 Å². The summed E-state index contributed by atoms with van der Waals surface area (Å²) < 4.78 is 0. The average Bonchev–Trinajstić information content (AvgIpc) is 2.46. The van der Waals surface area contributed by atoms with E-state index in [0.717, 1.165) is 25.7 Å². The number of piperidine rings is 1. The SMILES string of the molecule is CC(CCc1ccccc1)NC(=O)C1CCCC(C)N1. The molecule has 2 rings (SSSR count). The second-order valence-corrected chi connectivity index (χ2v) is 5.99. The Labute approximate surface area is 122 Å². The van der Waals surface area contributed by atoms with E-state index >= 15 is 0 Å². The standard InChI is InChI=1S/C17H26N2O/c1-13-7-6-10-16(18-13)17(20)19-14(2)11-12-15-8-4-3-5-9-15/h3-5,8-9,13-14,16,18H,6-7,10-12H2,1-2H3,(H,19,20). The fourth-order valence-electron chi connectivity index (χ4n) is 2.79. The molecule has 3 atom stereocenters. The molecule has 1 heterocycles. The third-order valence-electron chi connectivity index (χ3n) is 4.03. The Kier molecular flexibility index (Phi) is 5.60. The highest BCUT2D eigenvalue weighted by Gasteiger charge is 2.24. The Morgan fingerprint density at radius 3 is 2.80 bits per heavy atom. The number of carbonyl (C=O) groups is 1. The van der Waals surface area contributed by atoms with Crippen LogP contribution in [0.1, 0.15) is 45.1 Å². The summed E-state index contributed by atoms with van der Waals surface area (Å²) in [6.45, 7) is 4.24. The number of benzene rings is 1. The first-order valence-electron chi connectivity index (χ1n) is 7.75. The minimum Gasteiger partial charge on any atom is -0.352 e. The molecule has 1 amide bonds. The van der Waals surface area contributed by atoms with Crippen LogP contribution in [0, 0.1) is 0 Å². The molecule has 0 aliphatic carbocycles. The number of rotatable bonds is 5. The lowest BCUT2D eigenvalue weighted by Gasteiger charge is -2.29. The van der Waals surface area contributed by atoms with Gasteiger partial charge in [-0.2, -0.15) is 0 Å². The number of nitrogens with one attached hydrogen (secondary N) is 2. The molecule has 20 heavy (non-hydrogen) atoms. The first-order chi connectivity index (χ1) is 9.65. The van der Waals surface area contributed by atoms with Gasteiger partial charge in [0.05, 0.1) is 6.04 Å². The van der Waals surface area contributed by atoms with Crippen LogP contribution in [0.3, 0.4) is 0 Å². The van der Waals surface area contributed by atoms with Gasteiger partial charge in [-0.25, -0.2) is 0 Å². The van der Waals surface area contributed by atoms with Crippen molar-refractivity contribution in [2.75, 3.05) is 0 Å². The highest BCUT2D eigenvalue weighted by Crippen LogP contribution is 2.13. The molecule has 0 spiro atoms. The van der Waals surface area contributed by atoms with Crippen LogP contribution in [0.2, 0.25) is 0 Å². The minimum absolute atomic E-state index is 0.00192. The fraction of sp³-hybridized carbons (Fsp3) is 0.588. The lowest BCUT2D eigenvalue weighted by atomic mass is 9.98. The summed E-state index contributed by atoms with van der Waals surface area (Å²) in [4.78, 5) is 12.2. The predicted molar refractivity (Wildman–Crippen MR) is 82.6 cm³/mol. The molecule has 0 saturated carbocycles. The van der Waals surface area contributed by atoms with Gasteiger partial charge >= 0.3 is 0 Å². The highest BCUT2D eigenvalue weighted by atomic mass is 16.2. The van der Waals surface area contributed by atoms with Gasteiger partial charge in [0.1, 0.15) is 0 Å². The topological polar surface area (TPSA) is 41.1 Å². The number of carbonyl (C=O) groups excluding carboxylic acids is 1. The zero-order valence-corrected chi connectivity index (χ0v) is 12.6. The summed E-state index contributed by atoms with van der Waals surface area (Å²) in [5.41, 5.74) is 1.33. The van der Waals surface area contributed by atoms with Crippen molar-refractivity contribution in [2.45, 2.75) is 64.1 Å². The van der Waals surface area contributed by atoms with Crippen molar-refractivity contribution in [3.8, 4) is 0 Å². The van der Waals surface area contributed by atoms with Gasteiger partial charge in [-0.05, 0) is 51.5 Å². The van der Waals surface area contributed by atoms with Gasteiger partial charge in [-0.1, -0.05) is 30.3 Å². The summed E-state index contributed by atoms with van der Waals surface area (Å²) in [7, 11) is 0. The molecule has 1 aromatic carbocycles. The van der Waals surface area contributed by atoms with Crippen LogP contribution in [0.15, 0.2) is 30.3 Å². The molecule has 0 radical (unpaired) electrons. The molecule has 1 aliphatic rings. The second kappa shape index (κ2) is 7.44. The van der Waals surface area contributed by atoms with Gasteiger partial charge in [0.15, 0.2) is 0 Å². The molecule has 0 bridgehead atoms. The maximum atomic E-state index is 12.2. The van der Waals surface area contributed by atoms with Crippen molar-refractivity contribution in [3.05, 3.63) is 35.9 Å². The maximum Gasteiger partial charge on any atom is 0.237 e. The summed E-state index contributed by atoms with van der Waals surface area (Å²) in [5, 5.41) is 6.52. The van der Waals surface area contributed by atoms with E-state index in [4.69, 9.17) is 0 Å². The molecular formula is C17H26N2O. The second-order valence-electron chi connectivity index (χ2n) is 5.99. The van der Waals surface area contributed by atoms with Gasteiger partial charge in [0.25, 0.3) is 0 Å². The van der Waals surface area contributed by atoms with E-state index in [2.05, 4.69) is 48.7 Å². The van der Waals surface area contributed by atoms with Crippen LogP contribution in [-0.4, -0.2) is 24.0 Å². The van der Waals surface area contributed by atoms with E-state index in [1.165, 1.54) is 12.0 Å². The molecule has 1 saturated heterocycles. The van der Waals surface area contributed by atoms with Gasteiger partial charge in [0, 0.05) is 12.1 Å². The molecule has 3 unspecified atom stereocenters. The van der Waals surface area contributed by atoms with Crippen molar-refractivity contribution in [2.24, 2.45) is 0 Å². The first-order valence-corrected chi connectivity index (χ1v) is 7.75. The van der Waals surface area contributed by atoms with E-state index < -0.39 is 0 Å². The molecule has 1 aliphatic heterocycles. The van der Waals surface area contributed by atoms with E-state index in [-0.39, 0.29) is 18.0 Å². The summed E-state index contributed by atoms with van der Waals surface area (Å²) in [6, 6.07) is 11.1. The lowest BCUT2D eigenvalue weighted by Crippen LogP contribution is -2.51. The lowest BCUT2D eigenvalue weighted by molar-refractivity contribution is -0.124. The van der Waals surface area contributed by atoms with Crippen molar-refractivity contribution < 1.29 is 4.79 Å². The maximum absolute atomic E-state index is 12.2. The van der Waals surface area contributed by atoms with Crippen molar-refractivity contribution in [3.63, 3.8) is 0 Å². The Hall–Kier alpha value is -1.35. The van der Waals surface area contributed by atoms with E-state index in [0.29, 0.717) is 6.04 Å². The Balaban J connectivity index is 1.73. The molecule has 1 aromatic rings. The predicted octanol–water partition coefficient (Wildman–Crippen LogP) is 2.65. The number of hydrogen-bond donors (Lipinski definition) is 2. The van der Waals surface area contributed by atoms with Crippen LogP contribution in [0.5, 0.6) is 0 Å². The summed E-state index contributed by atoms with van der Waals surface area (Å²) in [6.07, 6.45) is 5.27. The van der Waals surface area contributed by atoms with E-state index in [9.17, 15) is 4.79 Å². The third-order valence-corrected chi connectivity index (χ3v) is 4.03. The van der Waals surface area contributed by atoms with Crippen molar-refractivity contribution in [1.29, 1.82) is 0 Å². The zero-order chi connectivity index (χ0) is 14.4. The normalized spacial score (nSPS) is 24.1. The number of amides is 1. The van der Waals surface area contributed by atoms with Gasteiger partial charge in [0.2, 0.25) is 5.91 Å². The zero-order valence-electron chi connectivity index (χ0n) is 12.6. The molecule has 3 heteroatoms.